The van der Waals surface area contributed by atoms with Crippen LogP contribution < -0.4 is 5.43 Å². The smallest absolute Gasteiger partial charge is 0.274 e. The van der Waals surface area contributed by atoms with Crippen molar-refractivity contribution in [2.45, 2.75) is 0 Å². The van der Waals surface area contributed by atoms with Crippen molar-refractivity contribution in [2.24, 2.45) is 5.10 Å². The Labute approximate surface area is 155 Å². The lowest BCUT2D eigenvalue weighted by atomic mass is 10.1. The second-order valence-corrected chi connectivity index (χ2v) is 6.00. The van der Waals surface area contributed by atoms with Gasteiger partial charge < -0.3 is 4.98 Å². The summed E-state index contributed by atoms with van der Waals surface area (Å²) >= 11 is 0. The van der Waals surface area contributed by atoms with Crippen molar-refractivity contribution >= 4 is 23.0 Å². The minimum Gasteiger partial charge on any atom is -0.354 e. The maximum absolute atomic E-state index is 13.7. The van der Waals surface area contributed by atoms with Crippen LogP contribution in [0.15, 0.2) is 84.0 Å². The Morgan fingerprint density at radius 2 is 1.63 bits per heavy atom. The highest BCUT2D eigenvalue weighted by Gasteiger charge is 2.12. The van der Waals surface area contributed by atoms with Gasteiger partial charge in [0.1, 0.15) is 5.82 Å². The van der Waals surface area contributed by atoms with Crippen LogP contribution in [0.4, 0.5) is 4.39 Å². The Kier molecular flexibility index (Phi) is 4.49. The van der Waals surface area contributed by atoms with E-state index >= 15 is 0 Å². The van der Waals surface area contributed by atoms with E-state index in [4.69, 9.17) is 0 Å². The van der Waals surface area contributed by atoms with Gasteiger partial charge in [0.2, 0.25) is 0 Å². The third-order valence-corrected chi connectivity index (χ3v) is 4.29. The third kappa shape index (κ3) is 3.35. The lowest BCUT2D eigenvalue weighted by molar-refractivity contribution is 0.0951. The van der Waals surface area contributed by atoms with Crippen LogP contribution in [0, 0.1) is 5.82 Å². The van der Waals surface area contributed by atoms with Gasteiger partial charge in [-0.3, -0.25) is 4.79 Å². The number of hydrogen-bond donors (Lipinski definition) is 2. The van der Waals surface area contributed by atoms with E-state index in [1.165, 1.54) is 18.2 Å². The molecule has 2 N–H and O–H groups in total. The standard InChI is InChI=1S/C22H16FN3O/c23-19-12-6-4-11-17(19)22(27)26-24-14-18-16-10-5-7-13-20(16)25-21(18)15-8-2-1-3-9-15/h1-14,25H,(H,26,27)/b24-14+. The maximum Gasteiger partial charge on any atom is 0.274 e. The first kappa shape index (κ1) is 16.7. The predicted octanol–water partition coefficient (Wildman–Crippen LogP) is 4.74. The van der Waals surface area contributed by atoms with Gasteiger partial charge in [-0.15, -0.1) is 0 Å². The summed E-state index contributed by atoms with van der Waals surface area (Å²) in [6.45, 7) is 0. The molecule has 0 unspecified atom stereocenters. The molecule has 0 bridgehead atoms. The normalized spacial score (nSPS) is 11.1. The Morgan fingerprint density at radius 1 is 0.926 bits per heavy atom. The molecule has 27 heavy (non-hydrogen) atoms. The summed E-state index contributed by atoms with van der Waals surface area (Å²) in [4.78, 5) is 15.5. The minimum absolute atomic E-state index is 0.0446. The fraction of sp³-hybridized carbons (Fsp3) is 0. The summed E-state index contributed by atoms with van der Waals surface area (Å²) in [5, 5.41) is 5.04. The zero-order valence-electron chi connectivity index (χ0n) is 14.3. The fourth-order valence-electron chi connectivity index (χ4n) is 2.99. The van der Waals surface area contributed by atoms with Crippen LogP contribution in [0.3, 0.4) is 0 Å². The van der Waals surface area contributed by atoms with Gasteiger partial charge in [-0.05, 0) is 23.8 Å². The molecule has 0 saturated carbocycles. The van der Waals surface area contributed by atoms with Crippen molar-refractivity contribution < 1.29 is 9.18 Å². The number of fused-ring (bicyclic) bond motifs is 1. The molecule has 0 atom stereocenters. The van der Waals surface area contributed by atoms with Gasteiger partial charge in [-0.1, -0.05) is 60.7 Å². The Morgan fingerprint density at radius 3 is 2.44 bits per heavy atom. The summed E-state index contributed by atoms with van der Waals surface area (Å²) in [5.41, 5.74) is 6.09. The van der Waals surface area contributed by atoms with E-state index in [1.807, 2.05) is 54.6 Å². The van der Waals surface area contributed by atoms with Crippen molar-refractivity contribution in [2.75, 3.05) is 0 Å². The Hall–Kier alpha value is -3.73. The number of aromatic amines is 1. The van der Waals surface area contributed by atoms with Crippen LogP contribution in [0.5, 0.6) is 0 Å². The summed E-state index contributed by atoms with van der Waals surface area (Å²) < 4.78 is 13.7. The molecule has 5 heteroatoms. The SMILES string of the molecule is O=C(N/N=C/c1c(-c2ccccc2)[nH]c2ccccc12)c1ccccc1F. The molecular weight excluding hydrogens is 341 g/mol. The van der Waals surface area contributed by atoms with Gasteiger partial charge in [0, 0.05) is 16.5 Å². The molecule has 0 fully saturated rings. The van der Waals surface area contributed by atoms with Crippen molar-refractivity contribution in [3.8, 4) is 11.3 Å². The number of aromatic nitrogens is 1. The van der Waals surface area contributed by atoms with Crippen LogP contribution in [-0.2, 0) is 0 Å². The first-order chi connectivity index (χ1) is 13.2. The maximum atomic E-state index is 13.7. The molecule has 4 aromatic rings. The Bertz CT molecular complexity index is 1130. The number of nitrogens with zero attached hydrogens (tertiary/aromatic N) is 1. The van der Waals surface area contributed by atoms with Gasteiger partial charge in [-0.2, -0.15) is 5.10 Å². The number of carbonyl (C=O) groups is 1. The number of carbonyl (C=O) groups excluding carboxylic acids is 1. The Balaban J connectivity index is 1.68. The highest BCUT2D eigenvalue weighted by molar-refractivity contribution is 6.06. The van der Waals surface area contributed by atoms with E-state index in [1.54, 1.807) is 12.3 Å². The van der Waals surface area contributed by atoms with Crippen LogP contribution >= 0.6 is 0 Å². The van der Waals surface area contributed by atoms with Crippen LogP contribution in [0.25, 0.3) is 22.2 Å². The quantitative estimate of drug-likeness (QED) is 0.402. The van der Waals surface area contributed by atoms with E-state index in [2.05, 4.69) is 15.5 Å². The molecule has 0 radical (unpaired) electrons. The average molecular weight is 357 g/mol. The van der Waals surface area contributed by atoms with Crippen molar-refractivity contribution in [3.63, 3.8) is 0 Å². The number of para-hydroxylation sites is 1. The lowest BCUT2D eigenvalue weighted by Crippen LogP contribution is -2.18. The lowest BCUT2D eigenvalue weighted by Gasteiger charge is -2.02. The largest absolute Gasteiger partial charge is 0.354 e. The number of amides is 1. The summed E-state index contributed by atoms with van der Waals surface area (Å²) in [6, 6.07) is 23.5. The molecule has 0 aliphatic heterocycles. The second-order valence-electron chi connectivity index (χ2n) is 6.00. The molecule has 4 nitrogen and oxygen atoms in total. The molecule has 1 amide bonds. The molecule has 0 spiro atoms. The first-order valence-electron chi connectivity index (χ1n) is 8.48. The number of rotatable bonds is 4. The summed E-state index contributed by atoms with van der Waals surface area (Å²) in [7, 11) is 0. The monoisotopic (exact) mass is 357 g/mol. The molecule has 132 valence electrons. The fourth-order valence-corrected chi connectivity index (χ4v) is 2.99. The zero-order chi connectivity index (χ0) is 18.6. The van der Waals surface area contributed by atoms with Crippen LogP contribution in [0.2, 0.25) is 0 Å². The number of hydrogen-bond acceptors (Lipinski definition) is 2. The van der Waals surface area contributed by atoms with E-state index in [-0.39, 0.29) is 5.56 Å². The third-order valence-electron chi connectivity index (χ3n) is 4.29. The summed E-state index contributed by atoms with van der Waals surface area (Å²) in [6.07, 6.45) is 1.58. The number of hydrazone groups is 1. The molecule has 1 heterocycles. The van der Waals surface area contributed by atoms with Crippen LogP contribution in [0.1, 0.15) is 15.9 Å². The average Bonchev–Trinajstić information content (AvgIpc) is 3.08. The van der Waals surface area contributed by atoms with E-state index < -0.39 is 11.7 Å². The van der Waals surface area contributed by atoms with Crippen LogP contribution in [-0.4, -0.2) is 17.1 Å². The predicted molar refractivity (Wildman–Crippen MR) is 105 cm³/mol. The minimum atomic E-state index is -0.592. The highest BCUT2D eigenvalue weighted by Crippen LogP contribution is 2.28. The summed E-state index contributed by atoms with van der Waals surface area (Å²) in [5.74, 6) is -1.17. The number of H-pyrrole nitrogens is 1. The molecule has 0 aliphatic rings. The molecule has 1 aromatic heterocycles. The molecule has 3 aromatic carbocycles. The molecular formula is C22H16FN3O. The van der Waals surface area contributed by atoms with Gasteiger partial charge in [0.25, 0.3) is 5.91 Å². The number of benzene rings is 3. The van der Waals surface area contributed by atoms with Crippen molar-refractivity contribution in [1.82, 2.24) is 10.4 Å². The van der Waals surface area contributed by atoms with Gasteiger partial charge in [0.15, 0.2) is 0 Å². The molecule has 4 rings (SSSR count). The van der Waals surface area contributed by atoms with Gasteiger partial charge >= 0.3 is 0 Å². The van der Waals surface area contributed by atoms with E-state index in [0.29, 0.717) is 0 Å². The molecule has 0 saturated heterocycles. The van der Waals surface area contributed by atoms with E-state index in [9.17, 15) is 9.18 Å². The van der Waals surface area contributed by atoms with Crippen molar-refractivity contribution in [1.29, 1.82) is 0 Å². The van der Waals surface area contributed by atoms with E-state index in [0.717, 1.165) is 27.7 Å². The topological polar surface area (TPSA) is 57.2 Å². The zero-order valence-corrected chi connectivity index (χ0v) is 14.3. The number of halogens is 1. The number of nitrogens with one attached hydrogen (secondary N) is 2. The van der Waals surface area contributed by atoms with Crippen molar-refractivity contribution in [3.05, 3.63) is 95.8 Å². The van der Waals surface area contributed by atoms with Gasteiger partial charge in [-0.25, -0.2) is 9.82 Å². The van der Waals surface area contributed by atoms with Gasteiger partial charge in [0.05, 0.1) is 17.5 Å². The first-order valence-corrected chi connectivity index (χ1v) is 8.48. The second kappa shape index (κ2) is 7.25. The molecule has 0 aliphatic carbocycles. The highest BCUT2D eigenvalue weighted by atomic mass is 19.1.